The summed E-state index contributed by atoms with van der Waals surface area (Å²) >= 11 is 0. The minimum atomic E-state index is -0.137. The molecule has 1 aromatic carbocycles. The summed E-state index contributed by atoms with van der Waals surface area (Å²) in [7, 11) is 0. The second-order valence-electron chi connectivity index (χ2n) is 6.72. The Morgan fingerprint density at radius 1 is 1.19 bits per heavy atom. The van der Waals surface area contributed by atoms with Crippen LogP contribution in [-0.2, 0) is 11.2 Å². The molecule has 0 unspecified atom stereocenters. The average molecular weight is 362 g/mol. The molecule has 6 heteroatoms. The standard InChI is InChI=1S/C21H22N4O2/c1-3-4-8-18-24-20(21(25-18)16-7-5-6-13(2)22-16)14-9-10-15-17(11-14)27-12-19(26)23-15/h5-7,9-11H,3-4,8,12H2,1-2H3,(H,23,26)(H,24,25). The maximum Gasteiger partial charge on any atom is 0.262 e. The molecule has 0 bridgehead atoms. The van der Waals surface area contributed by atoms with E-state index in [-0.39, 0.29) is 12.5 Å². The van der Waals surface area contributed by atoms with Crippen molar-refractivity contribution in [2.24, 2.45) is 0 Å². The van der Waals surface area contributed by atoms with Crippen molar-refractivity contribution in [3.05, 3.63) is 47.9 Å². The van der Waals surface area contributed by atoms with Crippen LogP contribution in [0.15, 0.2) is 36.4 Å². The van der Waals surface area contributed by atoms with Crippen LogP contribution in [0.25, 0.3) is 22.6 Å². The zero-order chi connectivity index (χ0) is 18.8. The van der Waals surface area contributed by atoms with Crippen LogP contribution in [0.4, 0.5) is 5.69 Å². The third-order valence-electron chi connectivity index (χ3n) is 4.55. The molecule has 2 N–H and O–H groups in total. The lowest BCUT2D eigenvalue weighted by atomic mass is 10.1. The Morgan fingerprint density at radius 2 is 2.07 bits per heavy atom. The number of amides is 1. The first-order chi connectivity index (χ1) is 13.1. The maximum absolute atomic E-state index is 11.5. The van der Waals surface area contributed by atoms with Gasteiger partial charge in [-0.2, -0.15) is 0 Å². The SMILES string of the molecule is CCCCc1nc(-c2ccc3c(c2)OCC(=O)N3)c(-c2cccc(C)n2)[nH]1. The third-order valence-corrected chi connectivity index (χ3v) is 4.55. The molecule has 1 amide bonds. The number of benzene rings is 1. The molecule has 0 fully saturated rings. The van der Waals surface area contributed by atoms with Crippen molar-refractivity contribution >= 4 is 11.6 Å². The van der Waals surface area contributed by atoms with Crippen LogP contribution in [0.1, 0.15) is 31.3 Å². The van der Waals surface area contributed by atoms with E-state index in [0.717, 1.165) is 53.4 Å². The summed E-state index contributed by atoms with van der Waals surface area (Å²) < 4.78 is 5.57. The van der Waals surface area contributed by atoms with E-state index < -0.39 is 0 Å². The van der Waals surface area contributed by atoms with E-state index in [9.17, 15) is 4.79 Å². The molecule has 2 aromatic heterocycles. The predicted octanol–water partition coefficient (Wildman–Crippen LogP) is 4.12. The summed E-state index contributed by atoms with van der Waals surface area (Å²) in [4.78, 5) is 24.5. The normalized spacial score (nSPS) is 13.0. The number of hydrogen-bond donors (Lipinski definition) is 2. The Labute approximate surface area is 158 Å². The van der Waals surface area contributed by atoms with Gasteiger partial charge in [-0.1, -0.05) is 25.5 Å². The largest absolute Gasteiger partial charge is 0.482 e. The van der Waals surface area contributed by atoms with Gasteiger partial charge in [0.1, 0.15) is 11.6 Å². The van der Waals surface area contributed by atoms with Crippen LogP contribution in [0.5, 0.6) is 5.75 Å². The minimum absolute atomic E-state index is 0.0328. The Bertz CT molecular complexity index is 994. The summed E-state index contributed by atoms with van der Waals surface area (Å²) in [5, 5.41) is 2.82. The first-order valence-corrected chi connectivity index (χ1v) is 9.24. The highest BCUT2D eigenvalue weighted by atomic mass is 16.5. The number of nitrogens with zero attached hydrogens (tertiary/aromatic N) is 2. The molecular weight excluding hydrogens is 340 g/mol. The lowest BCUT2D eigenvalue weighted by molar-refractivity contribution is -0.118. The van der Waals surface area contributed by atoms with Gasteiger partial charge in [0, 0.05) is 17.7 Å². The molecule has 0 saturated heterocycles. The first-order valence-electron chi connectivity index (χ1n) is 9.24. The lowest BCUT2D eigenvalue weighted by Crippen LogP contribution is -2.25. The van der Waals surface area contributed by atoms with Crippen LogP contribution < -0.4 is 10.1 Å². The lowest BCUT2D eigenvalue weighted by Gasteiger charge is -2.18. The number of ether oxygens (including phenoxy) is 1. The van der Waals surface area contributed by atoms with Crippen LogP contribution >= 0.6 is 0 Å². The molecule has 0 spiro atoms. The van der Waals surface area contributed by atoms with Gasteiger partial charge >= 0.3 is 0 Å². The minimum Gasteiger partial charge on any atom is -0.482 e. The van der Waals surface area contributed by atoms with Crippen molar-refractivity contribution in [1.82, 2.24) is 15.0 Å². The van der Waals surface area contributed by atoms with Gasteiger partial charge in [-0.3, -0.25) is 9.78 Å². The van der Waals surface area contributed by atoms with E-state index in [1.807, 2.05) is 43.3 Å². The topological polar surface area (TPSA) is 79.9 Å². The van der Waals surface area contributed by atoms with E-state index in [4.69, 9.17) is 9.72 Å². The monoisotopic (exact) mass is 362 g/mol. The quantitative estimate of drug-likeness (QED) is 0.715. The Balaban J connectivity index is 1.79. The number of H-pyrrole nitrogens is 1. The van der Waals surface area contributed by atoms with Crippen LogP contribution in [0.2, 0.25) is 0 Å². The number of rotatable bonds is 5. The van der Waals surface area contributed by atoms with Crippen molar-refractivity contribution in [1.29, 1.82) is 0 Å². The zero-order valence-corrected chi connectivity index (χ0v) is 15.5. The average Bonchev–Trinajstić information content (AvgIpc) is 3.10. The fourth-order valence-electron chi connectivity index (χ4n) is 3.18. The van der Waals surface area contributed by atoms with E-state index in [0.29, 0.717) is 11.4 Å². The number of aromatic amines is 1. The van der Waals surface area contributed by atoms with E-state index in [1.165, 1.54) is 0 Å². The fraction of sp³-hybridized carbons (Fsp3) is 0.286. The summed E-state index contributed by atoms with van der Waals surface area (Å²) in [5.74, 6) is 1.48. The number of imidazole rings is 1. The number of anilines is 1. The summed E-state index contributed by atoms with van der Waals surface area (Å²) in [5.41, 5.74) is 5.20. The van der Waals surface area contributed by atoms with E-state index in [1.54, 1.807) is 0 Å². The van der Waals surface area contributed by atoms with Gasteiger partial charge in [0.15, 0.2) is 6.61 Å². The van der Waals surface area contributed by atoms with Gasteiger partial charge in [0.2, 0.25) is 0 Å². The molecule has 138 valence electrons. The zero-order valence-electron chi connectivity index (χ0n) is 15.5. The fourth-order valence-corrected chi connectivity index (χ4v) is 3.18. The van der Waals surface area contributed by atoms with Crippen molar-refractivity contribution in [2.75, 3.05) is 11.9 Å². The maximum atomic E-state index is 11.5. The second-order valence-corrected chi connectivity index (χ2v) is 6.72. The number of aromatic nitrogens is 3. The highest BCUT2D eigenvalue weighted by molar-refractivity contribution is 5.96. The highest BCUT2D eigenvalue weighted by Gasteiger charge is 2.20. The van der Waals surface area contributed by atoms with Gasteiger partial charge in [-0.25, -0.2) is 4.98 Å². The van der Waals surface area contributed by atoms with Crippen LogP contribution in [0.3, 0.4) is 0 Å². The third kappa shape index (κ3) is 3.56. The number of aryl methyl sites for hydroxylation is 2. The molecule has 3 heterocycles. The predicted molar refractivity (Wildman–Crippen MR) is 105 cm³/mol. The summed E-state index contributed by atoms with van der Waals surface area (Å²) in [6, 6.07) is 11.7. The molecule has 1 aliphatic heterocycles. The van der Waals surface area contributed by atoms with Crippen LogP contribution in [0, 0.1) is 6.92 Å². The van der Waals surface area contributed by atoms with Crippen LogP contribution in [-0.4, -0.2) is 27.5 Å². The molecule has 0 saturated carbocycles. The van der Waals surface area contributed by atoms with Crippen molar-refractivity contribution < 1.29 is 9.53 Å². The number of nitrogens with one attached hydrogen (secondary N) is 2. The number of hydrogen-bond acceptors (Lipinski definition) is 4. The highest BCUT2D eigenvalue weighted by Crippen LogP contribution is 2.36. The van der Waals surface area contributed by atoms with Gasteiger partial charge < -0.3 is 15.0 Å². The number of carbonyl (C=O) groups is 1. The molecule has 4 rings (SSSR count). The van der Waals surface area contributed by atoms with E-state index >= 15 is 0 Å². The molecule has 0 radical (unpaired) electrons. The van der Waals surface area contributed by atoms with Gasteiger partial charge in [0.05, 0.1) is 22.8 Å². The molecule has 0 aliphatic carbocycles. The number of unbranched alkanes of at least 4 members (excludes halogenated alkanes) is 1. The van der Waals surface area contributed by atoms with Gasteiger partial charge in [0.25, 0.3) is 5.91 Å². The molecular formula is C21H22N4O2. The smallest absolute Gasteiger partial charge is 0.262 e. The molecule has 6 nitrogen and oxygen atoms in total. The van der Waals surface area contributed by atoms with Crippen molar-refractivity contribution in [2.45, 2.75) is 33.1 Å². The Morgan fingerprint density at radius 3 is 2.89 bits per heavy atom. The molecule has 3 aromatic rings. The second kappa shape index (κ2) is 7.23. The number of carbonyl (C=O) groups excluding carboxylic acids is 1. The summed E-state index contributed by atoms with van der Waals surface area (Å²) in [6.45, 7) is 4.18. The van der Waals surface area contributed by atoms with E-state index in [2.05, 4.69) is 22.2 Å². The first kappa shape index (κ1) is 17.3. The Kier molecular flexibility index (Phi) is 4.62. The number of fused-ring (bicyclic) bond motifs is 1. The Hall–Kier alpha value is -3.15. The van der Waals surface area contributed by atoms with Crippen molar-refractivity contribution in [3.63, 3.8) is 0 Å². The van der Waals surface area contributed by atoms with Gasteiger partial charge in [-0.05, 0) is 37.6 Å². The van der Waals surface area contributed by atoms with Gasteiger partial charge in [-0.15, -0.1) is 0 Å². The summed E-state index contributed by atoms with van der Waals surface area (Å²) in [6.07, 6.45) is 3.08. The number of pyridine rings is 1. The van der Waals surface area contributed by atoms with Crippen molar-refractivity contribution in [3.8, 4) is 28.4 Å². The molecule has 27 heavy (non-hydrogen) atoms. The molecule has 1 aliphatic rings. The molecule has 0 atom stereocenters.